The Kier molecular flexibility index (Phi) is 3.90. The molecule has 1 spiro atoms. The molecule has 0 aliphatic carbocycles. The van der Waals surface area contributed by atoms with Crippen LogP contribution in [0.2, 0.25) is 0 Å². The first-order valence-electron chi connectivity index (χ1n) is 8.31. The van der Waals surface area contributed by atoms with E-state index in [0.29, 0.717) is 50.2 Å². The van der Waals surface area contributed by atoms with E-state index in [1.807, 2.05) is 17.0 Å². The van der Waals surface area contributed by atoms with Crippen LogP contribution in [0.25, 0.3) is 11.1 Å². The number of H-pyrrole nitrogens is 1. The van der Waals surface area contributed by atoms with E-state index < -0.39 is 11.5 Å². The maximum absolute atomic E-state index is 12.4. The molecule has 4 rings (SSSR count). The van der Waals surface area contributed by atoms with E-state index in [-0.39, 0.29) is 5.91 Å². The van der Waals surface area contributed by atoms with Crippen molar-refractivity contribution < 1.29 is 18.7 Å². The van der Waals surface area contributed by atoms with Crippen LogP contribution in [0.15, 0.2) is 27.4 Å². The van der Waals surface area contributed by atoms with Crippen molar-refractivity contribution in [1.82, 2.24) is 9.88 Å². The first kappa shape index (κ1) is 15.4. The summed E-state index contributed by atoms with van der Waals surface area (Å²) in [5.41, 5.74) is 2.21. The van der Waals surface area contributed by atoms with Crippen LogP contribution in [-0.2, 0) is 20.7 Å². The number of ether oxygens (including phenoxy) is 2. The third kappa shape index (κ3) is 2.97. The van der Waals surface area contributed by atoms with E-state index in [1.54, 1.807) is 6.07 Å². The van der Waals surface area contributed by atoms with Crippen LogP contribution in [0.4, 0.5) is 0 Å². The molecule has 0 unspecified atom stereocenters. The van der Waals surface area contributed by atoms with E-state index in [2.05, 4.69) is 4.98 Å². The Hall–Kier alpha value is -2.12. The Morgan fingerprint density at radius 2 is 1.96 bits per heavy atom. The van der Waals surface area contributed by atoms with Crippen LogP contribution in [-0.4, -0.2) is 47.9 Å². The Morgan fingerprint density at radius 1 is 1.21 bits per heavy atom. The summed E-state index contributed by atoms with van der Waals surface area (Å²) in [4.78, 5) is 28.1. The fourth-order valence-corrected chi connectivity index (χ4v) is 3.45. The summed E-state index contributed by atoms with van der Waals surface area (Å²) in [5.74, 6) is -0.768. The number of hydrogen-bond donors (Lipinski definition) is 1. The van der Waals surface area contributed by atoms with Gasteiger partial charge in [0.2, 0.25) is 5.91 Å². The number of amides is 1. The smallest absolute Gasteiger partial charge is 0.408 e. The van der Waals surface area contributed by atoms with Gasteiger partial charge in [-0.05, 0) is 24.1 Å². The first-order chi connectivity index (χ1) is 11.6. The lowest BCUT2D eigenvalue weighted by Gasteiger charge is -2.37. The highest BCUT2D eigenvalue weighted by Crippen LogP contribution is 2.31. The lowest BCUT2D eigenvalue weighted by molar-refractivity contribution is -0.187. The molecule has 2 fully saturated rings. The number of carbonyl (C=O) groups is 1. The molecule has 0 saturated carbocycles. The lowest BCUT2D eigenvalue weighted by atomic mass is 10.0. The van der Waals surface area contributed by atoms with Gasteiger partial charge < -0.3 is 18.8 Å². The zero-order chi connectivity index (χ0) is 16.6. The Labute approximate surface area is 138 Å². The molecule has 7 heteroatoms. The van der Waals surface area contributed by atoms with Crippen molar-refractivity contribution in [2.75, 3.05) is 26.3 Å². The monoisotopic (exact) mass is 332 g/mol. The highest BCUT2D eigenvalue weighted by Gasteiger charge is 2.40. The number of nitrogens with zero attached hydrogens (tertiary/aromatic N) is 1. The number of hydrogen-bond acceptors (Lipinski definition) is 5. The average molecular weight is 332 g/mol. The van der Waals surface area contributed by atoms with Crippen LogP contribution >= 0.6 is 0 Å². The molecule has 0 atom stereocenters. The van der Waals surface area contributed by atoms with Crippen molar-refractivity contribution >= 4 is 17.0 Å². The van der Waals surface area contributed by atoms with E-state index in [1.165, 1.54) is 0 Å². The molecule has 2 saturated heterocycles. The Bertz CT molecular complexity index is 793. The number of carbonyl (C=O) groups excluding carboxylic acids is 1. The van der Waals surface area contributed by atoms with Gasteiger partial charge in [-0.3, -0.25) is 9.78 Å². The minimum absolute atomic E-state index is 0.142. The number of aromatic nitrogens is 1. The fraction of sp³-hybridized carbons (Fsp3) is 0.529. The molecule has 2 aromatic rings. The molecular formula is C17H20N2O5. The van der Waals surface area contributed by atoms with Crippen molar-refractivity contribution in [3.05, 3.63) is 34.3 Å². The van der Waals surface area contributed by atoms with Crippen molar-refractivity contribution in [2.45, 2.75) is 31.5 Å². The van der Waals surface area contributed by atoms with Gasteiger partial charge in [-0.15, -0.1) is 0 Å². The zero-order valence-corrected chi connectivity index (χ0v) is 13.4. The molecule has 1 aromatic heterocycles. The minimum Gasteiger partial charge on any atom is -0.408 e. The number of fused-ring (bicyclic) bond motifs is 1. The topological polar surface area (TPSA) is 84.8 Å². The average Bonchev–Trinajstić information content (AvgIpc) is 3.18. The Balaban J connectivity index is 1.33. The van der Waals surface area contributed by atoms with Crippen LogP contribution in [0.5, 0.6) is 0 Å². The van der Waals surface area contributed by atoms with Crippen molar-refractivity contribution in [3.8, 4) is 0 Å². The summed E-state index contributed by atoms with van der Waals surface area (Å²) in [5, 5.41) is 0. The zero-order valence-electron chi connectivity index (χ0n) is 13.4. The largest absolute Gasteiger partial charge is 0.417 e. The number of benzene rings is 1. The highest BCUT2D eigenvalue weighted by molar-refractivity contribution is 5.77. The molecule has 0 radical (unpaired) electrons. The fourth-order valence-electron chi connectivity index (χ4n) is 3.45. The molecule has 24 heavy (non-hydrogen) atoms. The standard InChI is InChI=1S/C17H20N2O5/c20-15(19-7-5-17(6-8-19)22-9-10-23-17)4-2-12-1-3-14-13(11-12)18-16(21)24-14/h1,3,11H,2,4-10H2,(H,18,21). The second-order valence-electron chi connectivity index (χ2n) is 6.33. The third-order valence-electron chi connectivity index (χ3n) is 4.80. The third-order valence-corrected chi connectivity index (χ3v) is 4.80. The van der Waals surface area contributed by atoms with Gasteiger partial charge in [-0.2, -0.15) is 0 Å². The van der Waals surface area contributed by atoms with Crippen molar-refractivity contribution in [1.29, 1.82) is 0 Å². The quantitative estimate of drug-likeness (QED) is 0.919. The van der Waals surface area contributed by atoms with Gasteiger partial charge in [0.05, 0.1) is 18.7 Å². The maximum Gasteiger partial charge on any atom is 0.417 e. The number of aryl methyl sites for hydroxylation is 1. The summed E-state index contributed by atoms with van der Waals surface area (Å²) >= 11 is 0. The molecule has 1 amide bonds. The number of oxazole rings is 1. The van der Waals surface area contributed by atoms with E-state index >= 15 is 0 Å². The van der Waals surface area contributed by atoms with E-state index in [9.17, 15) is 9.59 Å². The summed E-state index contributed by atoms with van der Waals surface area (Å²) in [6, 6.07) is 5.50. The summed E-state index contributed by atoms with van der Waals surface area (Å²) in [6.45, 7) is 2.64. The number of piperidine rings is 1. The van der Waals surface area contributed by atoms with Crippen LogP contribution in [0.3, 0.4) is 0 Å². The van der Waals surface area contributed by atoms with Gasteiger partial charge in [0.15, 0.2) is 11.4 Å². The van der Waals surface area contributed by atoms with Crippen LogP contribution < -0.4 is 5.76 Å². The van der Waals surface area contributed by atoms with Crippen molar-refractivity contribution in [3.63, 3.8) is 0 Å². The van der Waals surface area contributed by atoms with Gasteiger partial charge in [0, 0.05) is 32.4 Å². The second kappa shape index (κ2) is 6.07. The predicted octanol–water partition coefficient (Wildman–Crippen LogP) is 1.42. The summed E-state index contributed by atoms with van der Waals surface area (Å²) in [6.07, 6.45) is 2.56. The lowest BCUT2D eigenvalue weighted by Crippen LogP contribution is -2.47. The van der Waals surface area contributed by atoms with Gasteiger partial charge >= 0.3 is 5.76 Å². The van der Waals surface area contributed by atoms with Gasteiger partial charge in [-0.25, -0.2) is 4.79 Å². The molecule has 3 heterocycles. The van der Waals surface area contributed by atoms with Gasteiger partial charge in [0.25, 0.3) is 0 Å². The van der Waals surface area contributed by atoms with Crippen molar-refractivity contribution in [2.24, 2.45) is 0 Å². The maximum atomic E-state index is 12.4. The molecule has 2 aliphatic rings. The number of likely N-dealkylation sites (tertiary alicyclic amines) is 1. The molecule has 0 bridgehead atoms. The van der Waals surface area contributed by atoms with E-state index in [4.69, 9.17) is 13.9 Å². The first-order valence-corrected chi connectivity index (χ1v) is 8.31. The van der Waals surface area contributed by atoms with Gasteiger partial charge in [0.1, 0.15) is 0 Å². The molecule has 1 N–H and O–H groups in total. The molecule has 7 nitrogen and oxygen atoms in total. The number of rotatable bonds is 3. The molecule has 2 aliphatic heterocycles. The second-order valence-corrected chi connectivity index (χ2v) is 6.33. The SMILES string of the molecule is O=C(CCc1ccc2oc(=O)[nH]c2c1)N1CCC2(CC1)OCCO2. The Morgan fingerprint density at radius 3 is 2.71 bits per heavy atom. The van der Waals surface area contributed by atoms with E-state index in [0.717, 1.165) is 18.4 Å². The predicted molar refractivity (Wildman–Crippen MR) is 85.6 cm³/mol. The summed E-state index contributed by atoms with van der Waals surface area (Å²) < 4.78 is 16.3. The molecule has 128 valence electrons. The highest BCUT2D eigenvalue weighted by atomic mass is 16.7. The molecular weight excluding hydrogens is 312 g/mol. The van der Waals surface area contributed by atoms with Gasteiger partial charge in [-0.1, -0.05) is 6.07 Å². The van der Waals surface area contributed by atoms with Crippen LogP contribution in [0, 0.1) is 0 Å². The number of nitrogens with one attached hydrogen (secondary N) is 1. The normalized spacial score (nSPS) is 20.1. The molecule has 1 aromatic carbocycles. The van der Waals surface area contributed by atoms with Crippen LogP contribution in [0.1, 0.15) is 24.8 Å². The number of aromatic amines is 1. The minimum atomic E-state index is -0.461. The summed E-state index contributed by atoms with van der Waals surface area (Å²) in [7, 11) is 0.